The lowest BCUT2D eigenvalue weighted by Crippen LogP contribution is -2.15. The maximum absolute atomic E-state index is 12.4. The molecule has 1 atom stereocenters. The second-order valence-corrected chi connectivity index (χ2v) is 5.16. The van der Waals surface area contributed by atoms with Crippen LogP contribution in [-0.2, 0) is 6.42 Å². The molecule has 0 radical (unpaired) electrons. The zero-order chi connectivity index (χ0) is 12.3. The molecular weight excluding hydrogens is 281 g/mol. The molecule has 0 aliphatic carbocycles. The lowest BCUT2D eigenvalue weighted by atomic mass is 10.0. The first-order valence-corrected chi connectivity index (χ1v) is 6.02. The van der Waals surface area contributed by atoms with E-state index in [1.165, 1.54) is 12.1 Å². The van der Waals surface area contributed by atoms with E-state index in [0.29, 0.717) is 5.92 Å². The van der Waals surface area contributed by atoms with E-state index < -0.39 is 11.0 Å². The molecule has 0 aromatic heterocycles. The standard InChI is InChI=1S/C12H14BrF3/c1-8(2)7-9-3-5-10(6-4-9)11(13)12(14,15)16/h3-6,8,11H,7H2,1-2H3. The molecule has 0 nitrogen and oxygen atoms in total. The van der Waals surface area contributed by atoms with E-state index in [4.69, 9.17) is 0 Å². The number of hydrogen-bond acceptors (Lipinski definition) is 0. The Bertz CT molecular complexity index is 327. The molecule has 0 heterocycles. The molecule has 0 spiro atoms. The van der Waals surface area contributed by atoms with Gasteiger partial charge in [-0.1, -0.05) is 54.0 Å². The highest BCUT2D eigenvalue weighted by Crippen LogP contribution is 2.39. The number of benzene rings is 1. The van der Waals surface area contributed by atoms with Crippen LogP contribution in [0.5, 0.6) is 0 Å². The van der Waals surface area contributed by atoms with Gasteiger partial charge in [0.15, 0.2) is 0 Å². The summed E-state index contributed by atoms with van der Waals surface area (Å²) in [6.07, 6.45) is -3.35. The Balaban J connectivity index is 2.79. The van der Waals surface area contributed by atoms with Crippen LogP contribution in [-0.4, -0.2) is 6.18 Å². The van der Waals surface area contributed by atoms with Gasteiger partial charge in [0, 0.05) is 0 Å². The van der Waals surface area contributed by atoms with E-state index in [-0.39, 0.29) is 5.56 Å². The van der Waals surface area contributed by atoms with Crippen LogP contribution in [0.2, 0.25) is 0 Å². The van der Waals surface area contributed by atoms with Crippen LogP contribution in [0.3, 0.4) is 0 Å². The first-order valence-electron chi connectivity index (χ1n) is 5.10. The van der Waals surface area contributed by atoms with Crippen molar-refractivity contribution in [1.29, 1.82) is 0 Å². The number of rotatable bonds is 3. The van der Waals surface area contributed by atoms with Gasteiger partial charge in [-0.2, -0.15) is 13.2 Å². The van der Waals surface area contributed by atoms with Crippen LogP contribution in [0.15, 0.2) is 24.3 Å². The van der Waals surface area contributed by atoms with Crippen LogP contribution >= 0.6 is 15.9 Å². The van der Waals surface area contributed by atoms with Crippen molar-refractivity contribution in [1.82, 2.24) is 0 Å². The fourth-order valence-corrected chi connectivity index (χ4v) is 1.79. The van der Waals surface area contributed by atoms with Gasteiger partial charge in [-0.3, -0.25) is 0 Å². The van der Waals surface area contributed by atoms with E-state index >= 15 is 0 Å². The van der Waals surface area contributed by atoms with E-state index in [2.05, 4.69) is 29.8 Å². The van der Waals surface area contributed by atoms with E-state index in [1.807, 2.05) is 0 Å². The molecule has 90 valence electrons. The fourth-order valence-electron chi connectivity index (χ4n) is 1.48. The van der Waals surface area contributed by atoms with Gasteiger partial charge in [-0.25, -0.2) is 0 Å². The van der Waals surface area contributed by atoms with Gasteiger partial charge in [-0.15, -0.1) is 0 Å². The minimum absolute atomic E-state index is 0.250. The van der Waals surface area contributed by atoms with E-state index in [0.717, 1.165) is 12.0 Å². The number of halogens is 4. The van der Waals surface area contributed by atoms with Gasteiger partial charge in [0.1, 0.15) is 4.83 Å². The van der Waals surface area contributed by atoms with Crippen molar-refractivity contribution >= 4 is 15.9 Å². The van der Waals surface area contributed by atoms with Crippen molar-refractivity contribution in [3.05, 3.63) is 35.4 Å². The van der Waals surface area contributed by atoms with Gasteiger partial charge in [0.2, 0.25) is 0 Å². The summed E-state index contributed by atoms with van der Waals surface area (Å²) in [6, 6.07) is 6.58. The predicted octanol–water partition coefficient (Wildman–Crippen LogP) is 4.88. The molecule has 1 aromatic carbocycles. The second-order valence-electron chi connectivity index (χ2n) is 4.24. The molecule has 0 saturated carbocycles. The molecule has 0 aliphatic heterocycles. The predicted molar refractivity (Wildman–Crippen MR) is 62.7 cm³/mol. The van der Waals surface area contributed by atoms with Gasteiger partial charge in [0.05, 0.1) is 0 Å². The van der Waals surface area contributed by atoms with Crippen LogP contribution in [0.4, 0.5) is 13.2 Å². The minimum atomic E-state index is -4.24. The van der Waals surface area contributed by atoms with Crippen molar-refractivity contribution in [2.24, 2.45) is 5.92 Å². The largest absolute Gasteiger partial charge is 0.405 e. The number of alkyl halides is 4. The fraction of sp³-hybridized carbons (Fsp3) is 0.500. The van der Waals surface area contributed by atoms with Crippen LogP contribution in [0.25, 0.3) is 0 Å². The Morgan fingerprint density at radius 1 is 1.12 bits per heavy atom. The zero-order valence-corrected chi connectivity index (χ0v) is 10.8. The summed E-state index contributed by atoms with van der Waals surface area (Å²) in [5.74, 6) is 0.508. The summed E-state index contributed by atoms with van der Waals surface area (Å²) in [7, 11) is 0. The summed E-state index contributed by atoms with van der Waals surface area (Å²) < 4.78 is 37.2. The molecule has 1 rings (SSSR count). The highest BCUT2D eigenvalue weighted by molar-refractivity contribution is 9.09. The van der Waals surface area contributed by atoms with Crippen molar-refractivity contribution in [2.45, 2.75) is 31.3 Å². The highest BCUT2D eigenvalue weighted by atomic mass is 79.9. The third-order valence-electron chi connectivity index (χ3n) is 2.20. The smallest absolute Gasteiger partial charge is 0.169 e. The Morgan fingerprint density at radius 2 is 1.62 bits per heavy atom. The van der Waals surface area contributed by atoms with Gasteiger partial charge in [-0.05, 0) is 23.5 Å². The van der Waals surface area contributed by atoms with Crippen molar-refractivity contribution < 1.29 is 13.2 Å². The van der Waals surface area contributed by atoms with E-state index in [9.17, 15) is 13.2 Å². The summed E-state index contributed by atoms with van der Waals surface area (Å²) >= 11 is 2.66. The second kappa shape index (κ2) is 5.21. The number of hydrogen-bond donors (Lipinski definition) is 0. The van der Waals surface area contributed by atoms with Crippen LogP contribution in [0.1, 0.15) is 29.8 Å². The Morgan fingerprint density at radius 3 is 2.00 bits per heavy atom. The maximum Gasteiger partial charge on any atom is 0.405 e. The average Bonchev–Trinajstić information content (AvgIpc) is 2.15. The molecule has 1 aromatic rings. The third kappa shape index (κ3) is 3.81. The first kappa shape index (κ1) is 13.6. The summed E-state index contributed by atoms with van der Waals surface area (Å²) in [4.78, 5) is -1.58. The first-order chi connectivity index (χ1) is 7.30. The molecule has 0 saturated heterocycles. The average molecular weight is 295 g/mol. The Labute approximate surface area is 102 Å². The lowest BCUT2D eigenvalue weighted by Gasteiger charge is -2.14. The third-order valence-corrected chi connectivity index (χ3v) is 3.25. The van der Waals surface area contributed by atoms with Crippen molar-refractivity contribution in [2.75, 3.05) is 0 Å². The molecular formula is C12H14BrF3. The molecule has 0 aliphatic rings. The molecule has 4 heteroatoms. The molecule has 0 amide bonds. The summed E-state index contributed by atoms with van der Waals surface area (Å²) in [6.45, 7) is 4.16. The molecule has 0 fully saturated rings. The SMILES string of the molecule is CC(C)Cc1ccc(C(Br)C(F)(F)F)cc1. The monoisotopic (exact) mass is 294 g/mol. The molecule has 16 heavy (non-hydrogen) atoms. The van der Waals surface area contributed by atoms with Crippen molar-refractivity contribution in [3.8, 4) is 0 Å². The Kier molecular flexibility index (Phi) is 4.42. The Hall–Kier alpha value is -0.510. The quantitative estimate of drug-likeness (QED) is 0.697. The molecule has 0 N–H and O–H groups in total. The topological polar surface area (TPSA) is 0 Å². The van der Waals surface area contributed by atoms with Gasteiger partial charge < -0.3 is 0 Å². The van der Waals surface area contributed by atoms with Gasteiger partial charge >= 0.3 is 6.18 Å². The lowest BCUT2D eigenvalue weighted by molar-refractivity contribution is -0.128. The van der Waals surface area contributed by atoms with E-state index in [1.54, 1.807) is 12.1 Å². The summed E-state index contributed by atoms with van der Waals surface area (Å²) in [5, 5.41) is 0. The van der Waals surface area contributed by atoms with Gasteiger partial charge in [0.25, 0.3) is 0 Å². The van der Waals surface area contributed by atoms with Crippen LogP contribution < -0.4 is 0 Å². The minimum Gasteiger partial charge on any atom is -0.169 e. The molecule has 0 bridgehead atoms. The van der Waals surface area contributed by atoms with Crippen LogP contribution in [0, 0.1) is 5.92 Å². The normalized spacial score (nSPS) is 14.2. The maximum atomic E-state index is 12.4. The highest BCUT2D eigenvalue weighted by Gasteiger charge is 2.38. The molecule has 1 unspecified atom stereocenters. The van der Waals surface area contributed by atoms with Crippen molar-refractivity contribution in [3.63, 3.8) is 0 Å². The summed E-state index contributed by atoms with van der Waals surface area (Å²) in [5.41, 5.74) is 1.32. The zero-order valence-electron chi connectivity index (χ0n) is 9.18.